The van der Waals surface area contributed by atoms with Crippen molar-refractivity contribution >= 4 is 0 Å². The molecule has 0 saturated carbocycles. The lowest BCUT2D eigenvalue weighted by Gasteiger charge is -2.21. The first-order valence-corrected chi connectivity index (χ1v) is 5.50. The van der Waals surface area contributed by atoms with Gasteiger partial charge in [-0.2, -0.15) is 0 Å². The average Bonchev–Trinajstić information content (AvgIpc) is 2.00. The van der Waals surface area contributed by atoms with E-state index in [9.17, 15) is 0 Å². The van der Waals surface area contributed by atoms with Gasteiger partial charge in [-0.1, -0.05) is 26.0 Å². The van der Waals surface area contributed by atoms with Crippen LogP contribution in [0.3, 0.4) is 0 Å². The van der Waals surface area contributed by atoms with Crippen LogP contribution in [-0.2, 0) is 0 Å². The van der Waals surface area contributed by atoms with Crippen LogP contribution in [0, 0.1) is 0 Å². The molecule has 0 aromatic carbocycles. The van der Waals surface area contributed by atoms with Crippen molar-refractivity contribution in [2.24, 2.45) is 5.73 Å². The molecule has 0 aromatic heterocycles. The smallest absolute Gasteiger partial charge is 0.0885 e. The fourth-order valence-corrected chi connectivity index (χ4v) is 1.54. The lowest BCUT2D eigenvalue weighted by atomic mass is 10.0. The van der Waals surface area contributed by atoms with Crippen molar-refractivity contribution in [1.82, 2.24) is 10.6 Å². The Morgan fingerprint density at radius 1 is 1.33 bits per heavy atom. The SMILES string of the molecule is C=C(C)CC(CCNC(=C)N)NC(C)C. The number of nitrogens with two attached hydrogens (primary N) is 1. The van der Waals surface area contributed by atoms with E-state index in [4.69, 9.17) is 5.73 Å². The van der Waals surface area contributed by atoms with Crippen molar-refractivity contribution in [3.8, 4) is 0 Å². The molecule has 0 saturated heterocycles. The molecule has 0 aliphatic rings. The molecule has 0 radical (unpaired) electrons. The van der Waals surface area contributed by atoms with Gasteiger partial charge in [-0.05, 0) is 19.8 Å². The van der Waals surface area contributed by atoms with Gasteiger partial charge in [-0.3, -0.25) is 0 Å². The topological polar surface area (TPSA) is 50.1 Å². The number of nitrogens with one attached hydrogen (secondary N) is 2. The number of hydrogen-bond donors (Lipinski definition) is 3. The first-order valence-electron chi connectivity index (χ1n) is 5.50. The molecule has 1 unspecified atom stereocenters. The van der Waals surface area contributed by atoms with E-state index < -0.39 is 0 Å². The van der Waals surface area contributed by atoms with Gasteiger partial charge >= 0.3 is 0 Å². The van der Waals surface area contributed by atoms with Crippen molar-refractivity contribution in [3.63, 3.8) is 0 Å². The van der Waals surface area contributed by atoms with Gasteiger partial charge in [0.1, 0.15) is 0 Å². The first kappa shape index (κ1) is 14.0. The molecule has 0 rings (SSSR count). The highest BCUT2D eigenvalue weighted by Gasteiger charge is 2.09. The normalized spacial score (nSPS) is 12.5. The largest absolute Gasteiger partial charge is 0.386 e. The Morgan fingerprint density at radius 3 is 2.33 bits per heavy atom. The zero-order valence-electron chi connectivity index (χ0n) is 10.3. The first-order chi connectivity index (χ1) is 6.91. The molecule has 88 valence electrons. The van der Waals surface area contributed by atoms with Crippen molar-refractivity contribution < 1.29 is 0 Å². The van der Waals surface area contributed by atoms with Gasteiger partial charge in [0.15, 0.2) is 0 Å². The Bertz CT molecular complexity index is 209. The van der Waals surface area contributed by atoms with Gasteiger partial charge in [0, 0.05) is 18.6 Å². The minimum absolute atomic E-state index is 0.467. The van der Waals surface area contributed by atoms with Crippen LogP contribution in [0.25, 0.3) is 0 Å². The predicted octanol–water partition coefficient (Wildman–Crippen LogP) is 1.73. The van der Waals surface area contributed by atoms with Gasteiger partial charge < -0.3 is 16.4 Å². The van der Waals surface area contributed by atoms with Gasteiger partial charge in [-0.25, -0.2) is 0 Å². The van der Waals surface area contributed by atoms with Gasteiger partial charge in [0.2, 0.25) is 0 Å². The van der Waals surface area contributed by atoms with Crippen LogP contribution >= 0.6 is 0 Å². The highest BCUT2D eigenvalue weighted by molar-refractivity contribution is 4.94. The Labute approximate surface area is 93.8 Å². The third kappa shape index (κ3) is 9.35. The fraction of sp³-hybridized carbons (Fsp3) is 0.667. The van der Waals surface area contributed by atoms with Crippen LogP contribution < -0.4 is 16.4 Å². The summed E-state index contributed by atoms with van der Waals surface area (Å²) in [6.45, 7) is 14.8. The maximum absolute atomic E-state index is 5.44. The molecule has 0 spiro atoms. The molecule has 0 bridgehead atoms. The zero-order chi connectivity index (χ0) is 11.8. The standard InChI is InChI=1S/C12H25N3/c1-9(2)8-12(15-10(3)4)6-7-14-11(5)13/h10,12,14-15H,1,5-8,13H2,2-4H3. The fourth-order valence-electron chi connectivity index (χ4n) is 1.54. The second kappa shape index (κ2) is 7.35. The summed E-state index contributed by atoms with van der Waals surface area (Å²) >= 11 is 0. The molecule has 0 aliphatic carbocycles. The lowest BCUT2D eigenvalue weighted by Crippen LogP contribution is -2.37. The lowest BCUT2D eigenvalue weighted by molar-refractivity contribution is 0.431. The second-order valence-electron chi connectivity index (χ2n) is 4.42. The molecule has 4 N–H and O–H groups in total. The molecule has 0 aliphatic heterocycles. The van der Waals surface area contributed by atoms with Crippen LogP contribution in [0.4, 0.5) is 0 Å². The molecule has 3 heteroatoms. The molecular weight excluding hydrogens is 186 g/mol. The maximum atomic E-state index is 5.44. The molecule has 1 atom stereocenters. The number of rotatable bonds is 8. The van der Waals surface area contributed by atoms with E-state index in [2.05, 4.69) is 44.6 Å². The monoisotopic (exact) mass is 211 g/mol. The van der Waals surface area contributed by atoms with Crippen LogP contribution in [0.1, 0.15) is 33.6 Å². The molecule has 0 aromatic rings. The van der Waals surface area contributed by atoms with Crippen molar-refractivity contribution in [1.29, 1.82) is 0 Å². The van der Waals surface area contributed by atoms with E-state index in [1.54, 1.807) is 0 Å². The summed E-state index contributed by atoms with van der Waals surface area (Å²) in [7, 11) is 0. The maximum Gasteiger partial charge on any atom is 0.0885 e. The van der Waals surface area contributed by atoms with E-state index in [-0.39, 0.29) is 0 Å². The Hall–Kier alpha value is -0.960. The molecule has 0 heterocycles. The van der Waals surface area contributed by atoms with E-state index in [1.807, 2.05) is 0 Å². The third-order valence-electron chi connectivity index (χ3n) is 2.01. The van der Waals surface area contributed by atoms with Crippen molar-refractivity contribution in [2.45, 2.75) is 45.7 Å². The quantitative estimate of drug-likeness (QED) is 0.536. The van der Waals surface area contributed by atoms with Gasteiger partial charge in [-0.15, -0.1) is 6.58 Å². The Morgan fingerprint density at radius 2 is 1.93 bits per heavy atom. The van der Waals surface area contributed by atoms with Gasteiger partial charge in [0.05, 0.1) is 5.82 Å². The van der Waals surface area contributed by atoms with Crippen LogP contribution in [0.2, 0.25) is 0 Å². The van der Waals surface area contributed by atoms with Crippen molar-refractivity contribution in [3.05, 3.63) is 24.6 Å². The summed E-state index contributed by atoms with van der Waals surface area (Å²) in [4.78, 5) is 0. The third-order valence-corrected chi connectivity index (χ3v) is 2.01. The minimum Gasteiger partial charge on any atom is -0.386 e. The zero-order valence-corrected chi connectivity index (χ0v) is 10.3. The van der Waals surface area contributed by atoms with E-state index in [0.29, 0.717) is 17.9 Å². The molecular formula is C12H25N3. The molecule has 15 heavy (non-hydrogen) atoms. The van der Waals surface area contributed by atoms with E-state index in [1.165, 1.54) is 5.57 Å². The van der Waals surface area contributed by atoms with Crippen molar-refractivity contribution in [2.75, 3.05) is 6.54 Å². The van der Waals surface area contributed by atoms with Gasteiger partial charge in [0.25, 0.3) is 0 Å². The second-order valence-corrected chi connectivity index (χ2v) is 4.42. The molecule has 3 nitrogen and oxygen atoms in total. The summed E-state index contributed by atoms with van der Waals surface area (Å²) in [6.07, 6.45) is 2.04. The average molecular weight is 211 g/mol. The summed E-state index contributed by atoms with van der Waals surface area (Å²) in [6, 6.07) is 0.963. The summed E-state index contributed by atoms with van der Waals surface area (Å²) in [5.74, 6) is 0.536. The Balaban J connectivity index is 3.89. The van der Waals surface area contributed by atoms with Crippen LogP contribution in [0.15, 0.2) is 24.6 Å². The van der Waals surface area contributed by atoms with Crippen LogP contribution in [-0.4, -0.2) is 18.6 Å². The van der Waals surface area contributed by atoms with E-state index in [0.717, 1.165) is 19.4 Å². The Kier molecular flexibility index (Phi) is 6.88. The highest BCUT2D eigenvalue weighted by Crippen LogP contribution is 2.06. The minimum atomic E-state index is 0.467. The summed E-state index contributed by atoms with van der Waals surface area (Å²) in [5.41, 5.74) is 6.65. The number of hydrogen-bond acceptors (Lipinski definition) is 3. The molecule has 0 fully saturated rings. The summed E-state index contributed by atoms with van der Waals surface area (Å²) < 4.78 is 0. The van der Waals surface area contributed by atoms with E-state index >= 15 is 0 Å². The summed E-state index contributed by atoms with van der Waals surface area (Å²) in [5, 5.41) is 6.55. The molecule has 0 amide bonds. The highest BCUT2D eigenvalue weighted by atomic mass is 15.0. The van der Waals surface area contributed by atoms with Crippen LogP contribution in [0.5, 0.6) is 0 Å². The predicted molar refractivity (Wildman–Crippen MR) is 67.4 cm³/mol.